The Morgan fingerprint density at radius 3 is 2.96 bits per heavy atom. The molecule has 3 rings (SSSR count). The Hall–Kier alpha value is -2.51. The van der Waals surface area contributed by atoms with Crippen LogP contribution in [-0.2, 0) is 4.74 Å². The first-order chi connectivity index (χ1) is 11.8. The Kier molecular flexibility index (Phi) is 5.35. The smallest absolute Gasteiger partial charge is 0.134 e. The Balaban J connectivity index is 1.66. The molecule has 0 aliphatic carbocycles. The number of hydrogen-bond acceptors (Lipinski definition) is 7. The second kappa shape index (κ2) is 7.85. The van der Waals surface area contributed by atoms with Gasteiger partial charge >= 0.3 is 0 Å². The SMILES string of the molecule is N=C/C(=C\NCCN1CCOCC1)c1ccc2ncnc(N)c2c1. The van der Waals surface area contributed by atoms with E-state index in [1.807, 2.05) is 24.4 Å². The van der Waals surface area contributed by atoms with Crippen LogP contribution >= 0.6 is 0 Å². The number of allylic oxidation sites excluding steroid dienone is 1. The molecule has 7 heteroatoms. The van der Waals surface area contributed by atoms with Gasteiger partial charge in [-0.1, -0.05) is 6.07 Å². The monoisotopic (exact) mass is 326 g/mol. The van der Waals surface area contributed by atoms with Gasteiger partial charge < -0.3 is 21.2 Å². The van der Waals surface area contributed by atoms with E-state index in [-0.39, 0.29) is 0 Å². The highest BCUT2D eigenvalue weighted by Gasteiger charge is 2.09. The molecule has 126 valence electrons. The van der Waals surface area contributed by atoms with Gasteiger partial charge in [0.2, 0.25) is 0 Å². The molecule has 1 aliphatic heterocycles. The zero-order valence-electron chi connectivity index (χ0n) is 13.5. The summed E-state index contributed by atoms with van der Waals surface area (Å²) in [5.74, 6) is 0.450. The minimum absolute atomic E-state index is 0.450. The molecule has 2 aromatic rings. The molecule has 0 spiro atoms. The number of nitrogens with one attached hydrogen (secondary N) is 2. The summed E-state index contributed by atoms with van der Waals surface area (Å²) in [4.78, 5) is 10.6. The predicted octanol–water partition coefficient (Wildman–Crippen LogP) is 1.12. The molecule has 2 heterocycles. The van der Waals surface area contributed by atoms with Gasteiger partial charge in [0.25, 0.3) is 0 Å². The van der Waals surface area contributed by atoms with Crippen LogP contribution < -0.4 is 11.1 Å². The Morgan fingerprint density at radius 2 is 2.17 bits per heavy atom. The van der Waals surface area contributed by atoms with Crippen molar-refractivity contribution in [3.8, 4) is 0 Å². The third-order valence-electron chi connectivity index (χ3n) is 4.09. The first kappa shape index (κ1) is 16.4. The highest BCUT2D eigenvalue weighted by Crippen LogP contribution is 2.21. The maximum absolute atomic E-state index is 7.67. The second-order valence-electron chi connectivity index (χ2n) is 5.64. The van der Waals surface area contributed by atoms with E-state index in [0.29, 0.717) is 5.82 Å². The zero-order chi connectivity index (χ0) is 16.8. The molecule has 0 radical (unpaired) electrons. The Morgan fingerprint density at radius 1 is 1.33 bits per heavy atom. The van der Waals surface area contributed by atoms with Gasteiger partial charge in [-0.05, 0) is 17.7 Å². The summed E-state index contributed by atoms with van der Waals surface area (Å²) in [5, 5.41) is 11.8. The van der Waals surface area contributed by atoms with Crippen molar-refractivity contribution in [2.24, 2.45) is 0 Å². The molecule has 0 atom stereocenters. The largest absolute Gasteiger partial charge is 0.389 e. The van der Waals surface area contributed by atoms with Gasteiger partial charge in [0.1, 0.15) is 12.1 Å². The molecule has 1 aliphatic rings. The van der Waals surface area contributed by atoms with Crippen molar-refractivity contribution in [2.45, 2.75) is 0 Å². The van der Waals surface area contributed by atoms with Crippen molar-refractivity contribution < 1.29 is 4.74 Å². The molecular formula is C17H22N6O. The van der Waals surface area contributed by atoms with Crippen LogP contribution in [0.1, 0.15) is 5.56 Å². The molecule has 1 saturated heterocycles. The van der Waals surface area contributed by atoms with Gasteiger partial charge in [0.15, 0.2) is 0 Å². The zero-order valence-corrected chi connectivity index (χ0v) is 13.5. The van der Waals surface area contributed by atoms with E-state index in [1.165, 1.54) is 12.5 Å². The van der Waals surface area contributed by atoms with Gasteiger partial charge in [-0.25, -0.2) is 9.97 Å². The molecule has 0 unspecified atom stereocenters. The number of nitrogens with two attached hydrogens (primary N) is 1. The van der Waals surface area contributed by atoms with Crippen LogP contribution in [0.5, 0.6) is 0 Å². The number of hydrogen-bond donors (Lipinski definition) is 3. The van der Waals surface area contributed by atoms with Gasteiger partial charge in [-0.2, -0.15) is 0 Å². The molecule has 0 amide bonds. The van der Waals surface area contributed by atoms with E-state index >= 15 is 0 Å². The number of benzene rings is 1. The van der Waals surface area contributed by atoms with E-state index in [2.05, 4.69) is 20.2 Å². The molecular weight excluding hydrogens is 304 g/mol. The van der Waals surface area contributed by atoms with Gasteiger partial charge in [0, 0.05) is 49.6 Å². The number of nitrogen functional groups attached to an aromatic ring is 1. The lowest BCUT2D eigenvalue weighted by Crippen LogP contribution is -2.39. The molecule has 0 bridgehead atoms. The number of rotatable bonds is 6. The fraction of sp³-hybridized carbons (Fsp3) is 0.353. The van der Waals surface area contributed by atoms with Crippen molar-refractivity contribution in [3.63, 3.8) is 0 Å². The van der Waals surface area contributed by atoms with Crippen LogP contribution in [0.4, 0.5) is 5.82 Å². The fourth-order valence-electron chi connectivity index (χ4n) is 2.69. The van der Waals surface area contributed by atoms with Crippen LogP contribution in [0, 0.1) is 5.41 Å². The topological polar surface area (TPSA) is 100 Å². The van der Waals surface area contributed by atoms with E-state index in [9.17, 15) is 0 Å². The van der Waals surface area contributed by atoms with Gasteiger partial charge in [-0.15, -0.1) is 0 Å². The number of nitrogens with zero attached hydrogens (tertiary/aromatic N) is 3. The Bertz CT molecular complexity index is 739. The molecule has 7 nitrogen and oxygen atoms in total. The van der Waals surface area contributed by atoms with Crippen molar-refractivity contribution in [2.75, 3.05) is 45.1 Å². The summed E-state index contributed by atoms with van der Waals surface area (Å²) in [7, 11) is 0. The normalized spacial score (nSPS) is 16.2. The average Bonchev–Trinajstić information content (AvgIpc) is 2.63. The minimum atomic E-state index is 0.450. The van der Waals surface area contributed by atoms with E-state index in [1.54, 1.807) is 0 Å². The summed E-state index contributed by atoms with van der Waals surface area (Å²) in [5.41, 5.74) is 8.42. The third-order valence-corrected chi connectivity index (χ3v) is 4.09. The number of morpholine rings is 1. The van der Waals surface area contributed by atoms with Gasteiger partial charge in [-0.3, -0.25) is 4.90 Å². The quantitative estimate of drug-likeness (QED) is 0.543. The van der Waals surface area contributed by atoms with E-state index in [4.69, 9.17) is 15.9 Å². The maximum Gasteiger partial charge on any atom is 0.134 e. The molecule has 24 heavy (non-hydrogen) atoms. The molecule has 0 saturated carbocycles. The number of fused-ring (bicyclic) bond motifs is 1. The molecule has 1 aromatic carbocycles. The number of ether oxygens (including phenoxy) is 1. The van der Waals surface area contributed by atoms with Crippen molar-refractivity contribution in [1.82, 2.24) is 20.2 Å². The van der Waals surface area contributed by atoms with Crippen LogP contribution in [-0.4, -0.2) is 60.5 Å². The first-order valence-corrected chi connectivity index (χ1v) is 8.02. The lowest BCUT2D eigenvalue weighted by Gasteiger charge is -2.26. The predicted molar refractivity (Wildman–Crippen MR) is 96.0 cm³/mol. The Labute approximate surface area is 141 Å². The lowest BCUT2D eigenvalue weighted by molar-refractivity contribution is 0.0388. The molecule has 1 aromatic heterocycles. The minimum Gasteiger partial charge on any atom is -0.389 e. The highest BCUT2D eigenvalue weighted by molar-refractivity contribution is 6.09. The number of aromatic nitrogens is 2. The van der Waals surface area contributed by atoms with E-state index in [0.717, 1.165) is 61.4 Å². The second-order valence-corrected chi connectivity index (χ2v) is 5.64. The molecule has 4 N–H and O–H groups in total. The highest BCUT2D eigenvalue weighted by atomic mass is 16.5. The summed E-state index contributed by atoms with van der Waals surface area (Å²) in [6, 6.07) is 5.76. The van der Waals surface area contributed by atoms with E-state index < -0.39 is 0 Å². The summed E-state index contributed by atoms with van der Waals surface area (Å²) < 4.78 is 5.34. The number of anilines is 1. The van der Waals surface area contributed by atoms with Crippen molar-refractivity contribution in [1.29, 1.82) is 5.41 Å². The fourth-order valence-corrected chi connectivity index (χ4v) is 2.69. The van der Waals surface area contributed by atoms with Crippen LogP contribution in [0.2, 0.25) is 0 Å². The average molecular weight is 326 g/mol. The standard InChI is InChI=1S/C17H22N6O/c18-10-14(11-20-3-4-23-5-7-24-8-6-23)13-1-2-16-15(9-13)17(19)22-12-21-16/h1-2,9-12,18,20H,3-8H2,(H2,19,21,22)/b14-11+,18-10?. The summed E-state index contributed by atoms with van der Waals surface area (Å²) in [6.07, 6.45) is 4.66. The van der Waals surface area contributed by atoms with Crippen LogP contribution in [0.3, 0.4) is 0 Å². The maximum atomic E-state index is 7.67. The van der Waals surface area contributed by atoms with Crippen molar-refractivity contribution >= 4 is 28.5 Å². The first-order valence-electron chi connectivity index (χ1n) is 8.02. The summed E-state index contributed by atoms with van der Waals surface area (Å²) in [6.45, 7) is 5.36. The molecule has 1 fully saturated rings. The lowest BCUT2D eigenvalue weighted by atomic mass is 10.1. The summed E-state index contributed by atoms with van der Waals surface area (Å²) >= 11 is 0. The van der Waals surface area contributed by atoms with Crippen molar-refractivity contribution in [3.05, 3.63) is 36.3 Å². The van der Waals surface area contributed by atoms with Gasteiger partial charge in [0.05, 0.1) is 18.7 Å². The van der Waals surface area contributed by atoms with Crippen LogP contribution in [0.25, 0.3) is 16.5 Å². The van der Waals surface area contributed by atoms with Crippen LogP contribution in [0.15, 0.2) is 30.7 Å². The third kappa shape index (κ3) is 3.87.